The van der Waals surface area contributed by atoms with Crippen molar-refractivity contribution in [3.63, 3.8) is 0 Å². The average Bonchev–Trinajstić information content (AvgIpc) is 2.89. The third-order valence-electron chi connectivity index (χ3n) is 4.87. The fraction of sp³-hybridized carbons (Fsp3) is 0.185. The molecule has 0 saturated heterocycles. The van der Waals surface area contributed by atoms with Crippen molar-refractivity contribution in [3.8, 4) is 11.5 Å². The SMILES string of the molecule is CCCCOc1ccc(C(=O)NCC(=O)NN=Cc2ccc(OC(=O)c3ccc(Cl)cc3)cc2)cc1. The minimum atomic E-state index is -0.501. The number of halogens is 1. The number of hydrogen-bond donors (Lipinski definition) is 2. The van der Waals surface area contributed by atoms with Crippen LogP contribution in [0.15, 0.2) is 77.9 Å². The van der Waals surface area contributed by atoms with Gasteiger partial charge in [0.25, 0.3) is 11.8 Å². The normalized spacial score (nSPS) is 10.6. The Labute approximate surface area is 214 Å². The summed E-state index contributed by atoms with van der Waals surface area (Å²) in [6, 6.07) is 19.7. The van der Waals surface area contributed by atoms with E-state index in [-0.39, 0.29) is 12.5 Å². The average molecular weight is 508 g/mol. The minimum absolute atomic E-state index is 0.232. The lowest BCUT2D eigenvalue weighted by molar-refractivity contribution is -0.120. The van der Waals surface area contributed by atoms with Crippen molar-refractivity contribution in [2.24, 2.45) is 5.10 Å². The number of carbonyl (C=O) groups excluding carboxylic acids is 3. The smallest absolute Gasteiger partial charge is 0.343 e. The van der Waals surface area contributed by atoms with Crippen LogP contribution < -0.4 is 20.2 Å². The molecule has 9 heteroatoms. The standard InChI is InChI=1S/C27H26ClN3O5/c1-2-3-16-35-23-14-8-20(9-15-23)26(33)29-18-25(32)31-30-17-19-4-12-24(13-5-19)36-27(34)21-6-10-22(28)11-7-21/h4-15,17H,2-3,16,18H2,1H3,(H,29,33)(H,31,32). The van der Waals surface area contributed by atoms with Crippen LogP contribution in [0.1, 0.15) is 46.0 Å². The summed E-state index contributed by atoms with van der Waals surface area (Å²) in [4.78, 5) is 36.3. The van der Waals surface area contributed by atoms with Crippen LogP contribution >= 0.6 is 11.6 Å². The number of esters is 1. The largest absolute Gasteiger partial charge is 0.494 e. The molecule has 0 atom stereocenters. The molecule has 0 radical (unpaired) electrons. The van der Waals surface area contributed by atoms with E-state index in [1.807, 2.05) is 0 Å². The Bertz CT molecular complexity index is 1190. The van der Waals surface area contributed by atoms with Gasteiger partial charge in [-0.05, 0) is 84.8 Å². The molecule has 0 aromatic heterocycles. The molecule has 0 aliphatic carbocycles. The summed E-state index contributed by atoms with van der Waals surface area (Å²) in [5.41, 5.74) is 3.83. The van der Waals surface area contributed by atoms with E-state index >= 15 is 0 Å². The van der Waals surface area contributed by atoms with Crippen LogP contribution in [0.4, 0.5) is 0 Å². The summed E-state index contributed by atoms with van der Waals surface area (Å²) < 4.78 is 10.9. The van der Waals surface area contributed by atoms with E-state index < -0.39 is 11.9 Å². The summed E-state index contributed by atoms with van der Waals surface area (Å²) in [7, 11) is 0. The van der Waals surface area contributed by atoms with Crippen LogP contribution in [0.25, 0.3) is 0 Å². The zero-order chi connectivity index (χ0) is 25.8. The van der Waals surface area contributed by atoms with Gasteiger partial charge >= 0.3 is 5.97 Å². The van der Waals surface area contributed by atoms with Crippen molar-refractivity contribution in [1.29, 1.82) is 0 Å². The molecule has 3 aromatic carbocycles. The molecule has 2 amide bonds. The lowest BCUT2D eigenvalue weighted by atomic mass is 10.2. The zero-order valence-corrected chi connectivity index (χ0v) is 20.5. The first-order valence-electron chi connectivity index (χ1n) is 11.4. The third kappa shape index (κ3) is 8.56. The zero-order valence-electron chi connectivity index (χ0n) is 19.7. The first kappa shape index (κ1) is 26.4. The van der Waals surface area contributed by atoms with Crippen molar-refractivity contribution in [2.75, 3.05) is 13.2 Å². The van der Waals surface area contributed by atoms with Gasteiger partial charge in [0.2, 0.25) is 0 Å². The third-order valence-corrected chi connectivity index (χ3v) is 5.12. The van der Waals surface area contributed by atoms with E-state index in [4.69, 9.17) is 21.1 Å². The number of carbonyl (C=O) groups is 3. The van der Waals surface area contributed by atoms with Crippen LogP contribution in [0.2, 0.25) is 5.02 Å². The molecule has 0 bridgehead atoms. The molecule has 186 valence electrons. The predicted octanol–water partition coefficient (Wildman–Crippen LogP) is 4.62. The summed E-state index contributed by atoms with van der Waals surface area (Å²) in [5.74, 6) is -0.302. The van der Waals surface area contributed by atoms with Gasteiger partial charge in [0.1, 0.15) is 11.5 Å². The van der Waals surface area contributed by atoms with E-state index in [1.165, 1.54) is 6.21 Å². The van der Waals surface area contributed by atoms with Gasteiger partial charge in [0.05, 0.1) is 24.9 Å². The van der Waals surface area contributed by atoms with Crippen LogP contribution in [-0.4, -0.2) is 37.1 Å². The van der Waals surface area contributed by atoms with Crippen molar-refractivity contribution in [1.82, 2.24) is 10.7 Å². The Morgan fingerprint density at radius 3 is 2.19 bits per heavy atom. The maximum absolute atomic E-state index is 12.2. The molecule has 0 unspecified atom stereocenters. The van der Waals surface area contributed by atoms with Crippen LogP contribution in [0.5, 0.6) is 11.5 Å². The lowest BCUT2D eigenvalue weighted by Gasteiger charge is -2.07. The number of benzene rings is 3. The summed E-state index contributed by atoms with van der Waals surface area (Å²) in [6.45, 7) is 2.48. The van der Waals surface area contributed by atoms with Crippen molar-refractivity contribution in [2.45, 2.75) is 19.8 Å². The van der Waals surface area contributed by atoms with Crippen LogP contribution in [0.3, 0.4) is 0 Å². The molecule has 0 aliphatic rings. The van der Waals surface area contributed by atoms with E-state index in [0.29, 0.717) is 39.8 Å². The Kier molecular flexibility index (Phi) is 10.0. The Hall–Kier alpha value is -4.17. The lowest BCUT2D eigenvalue weighted by Crippen LogP contribution is -2.34. The highest BCUT2D eigenvalue weighted by atomic mass is 35.5. The number of rotatable bonds is 11. The summed E-state index contributed by atoms with van der Waals surface area (Å²) >= 11 is 5.82. The molecule has 2 N–H and O–H groups in total. The molecule has 8 nitrogen and oxygen atoms in total. The minimum Gasteiger partial charge on any atom is -0.494 e. The molecular formula is C27H26ClN3O5. The molecule has 0 fully saturated rings. The summed E-state index contributed by atoms with van der Waals surface area (Å²) in [5, 5.41) is 6.94. The second-order valence-electron chi connectivity index (χ2n) is 7.67. The number of nitrogens with one attached hydrogen (secondary N) is 2. The number of unbranched alkanes of at least 4 members (excludes halogenated alkanes) is 1. The van der Waals surface area contributed by atoms with E-state index in [0.717, 1.165) is 12.8 Å². The van der Waals surface area contributed by atoms with Crippen molar-refractivity contribution >= 4 is 35.6 Å². The fourth-order valence-corrected chi connectivity index (χ4v) is 3.02. The number of ether oxygens (including phenoxy) is 2. The maximum Gasteiger partial charge on any atom is 0.343 e. The monoisotopic (exact) mass is 507 g/mol. The van der Waals surface area contributed by atoms with Crippen molar-refractivity contribution in [3.05, 3.63) is 94.5 Å². The molecule has 0 aliphatic heterocycles. The molecular weight excluding hydrogens is 482 g/mol. The highest BCUT2D eigenvalue weighted by molar-refractivity contribution is 6.30. The van der Waals surface area contributed by atoms with Gasteiger partial charge < -0.3 is 14.8 Å². The van der Waals surface area contributed by atoms with Gasteiger partial charge in [-0.15, -0.1) is 0 Å². The highest BCUT2D eigenvalue weighted by Crippen LogP contribution is 2.16. The molecule has 3 rings (SSSR count). The molecule has 0 saturated carbocycles. The molecule has 0 heterocycles. The van der Waals surface area contributed by atoms with Crippen LogP contribution in [-0.2, 0) is 4.79 Å². The van der Waals surface area contributed by atoms with Crippen LogP contribution in [0, 0.1) is 0 Å². The van der Waals surface area contributed by atoms with Gasteiger partial charge in [-0.2, -0.15) is 5.10 Å². The number of nitrogens with zero attached hydrogens (tertiary/aromatic N) is 1. The fourth-order valence-electron chi connectivity index (χ4n) is 2.89. The van der Waals surface area contributed by atoms with Crippen molar-refractivity contribution < 1.29 is 23.9 Å². The van der Waals surface area contributed by atoms with Gasteiger partial charge in [-0.3, -0.25) is 9.59 Å². The van der Waals surface area contributed by atoms with Gasteiger partial charge in [-0.1, -0.05) is 24.9 Å². The second kappa shape index (κ2) is 13.7. The number of hydrogen-bond acceptors (Lipinski definition) is 6. The predicted molar refractivity (Wildman–Crippen MR) is 138 cm³/mol. The molecule has 0 spiro atoms. The number of amides is 2. The van der Waals surface area contributed by atoms with Gasteiger partial charge in [-0.25, -0.2) is 10.2 Å². The topological polar surface area (TPSA) is 106 Å². The quantitative estimate of drug-likeness (QED) is 0.129. The van der Waals surface area contributed by atoms with Gasteiger partial charge in [0.15, 0.2) is 0 Å². The Balaban J connectivity index is 1.40. The highest BCUT2D eigenvalue weighted by Gasteiger charge is 2.09. The second-order valence-corrected chi connectivity index (χ2v) is 8.10. The maximum atomic E-state index is 12.2. The Morgan fingerprint density at radius 1 is 0.889 bits per heavy atom. The first-order valence-corrected chi connectivity index (χ1v) is 11.7. The molecule has 36 heavy (non-hydrogen) atoms. The van der Waals surface area contributed by atoms with E-state index in [9.17, 15) is 14.4 Å². The van der Waals surface area contributed by atoms with Gasteiger partial charge in [0, 0.05) is 10.6 Å². The first-order chi connectivity index (χ1) is 17.4. The molecule has 3 aromatic rings. The van der Waals surface area contributed by atoms with E-state index in [2.05, 4.69) is 22.8 Å². The summed E-state index contributed by atoms with van der Waals surface area (Å²) in [6.07, 6.45) is 3.44. The van der Waals surface area contributed by atoms with E-state index in [1.54, 1.807) is 72.8 Å². The Morgan fingerprint density at radius 2 is 1.53 bits per heavy atom. The number of hydrazone groups is 1.